The van der Waals surface area contributed by atoms with Gasteiger partial charge in [-0.3, -0.25) is 4.79 Å². The zero-order valence-corrected chi connectivity index (χ0v) is 16.6. The highest BCUT2D eigenvalue weighted by Crippen LogP contribution is 2.28. The predicted octanol–water partition coefficient (Wildman–Crippen LogP) is 4.45. The van der Waals surface area contributed by atoms with E-state index in [9.17, 15) is 4.79 Å². The number of nitrogens with one attached hydrogen (secondary N) is 1. The maximum absolute atomic E-state index is 12.4. The van der Waals surface area contributed by atoms with E-state index in [2.05, 4.69) is 19.2 Å². The summed E-state index contributed by atoms with van der Waals surface area (Å²) in [6, 6.07) is 12.9. The molecule has 0 saturated carbocycles. The lowest BCUT2D eigenvalue weighted by atomic mass is 10.1. The fourth-order valence-electron chi connectivity index (χ4n) is 2.52. The van der Waals surface area contributed by atoms with Crippen LogP contribution in [0, 0.1) is 5.92 Å². The molecule has 0 atom stereocenters. The zero-order chi connectivity index (χ0) is 19.6. The van der Waals surface area contributed by atoms with Crippen LogP contribution in [0.1, 0.15) is 43.1 Å². The molecule has 2 rings (SSSR count). The third-order valence-electron chi connectivity index (χ3n) is 4.04. The molecule has 1 amide bonds. The Morgan fingerprint density at radius 3 is 2.59 bits per heavy atom. The first kappa shape index (κ1) is 20.6. The molecule has 27 heavy (non-hydrogen) atoms. The third-order valence-corrected chi connectivity index (χ3v) is 4.04. The molecule has 5 nitrogen and oxygen atoms in total. The zero-order valence-electron chi connectivity index (χ0n) is 16.6. The van der Waals surface area contributed by atoms with Crippen molar-refractivity contribution in [1.29, 1.82) is 0 Å². The van der Waals surface area contributed by atoms with Gasteiger partial charge in [-0.05, 0) is 55.2 Å². The SMILES string of the molecule is CCOc1cccc(C(=O)NCc2ccc(OCCC(C)C)c(OC)c2)c1. The molecule has 1 N–H and O–H groups in total. The van der Waals surface area contributed by atoms with Crippen molar-refractivity contribution in [2.75, 3.05) is 20.3 Å². The lowest BCUT2D eigenvalue weighted by molar-refractivity contribution is 0.0950. The predicted molar refractivity (Wildman–Crippen MR) is 107 cm³/mol. The van der Waals surface area contributed by atoms with E-state index in [1.807, 2.05) is 37.3 Å². The smallest absolute Gasteiger partial charge is 0.251 e. The van der Waals surface area contributed by atoms with Crippen LogP contribution in [0.2, 0.25) is 0 Å². The Morgan fingerprint density at radius 2 is 1.89 bits per heavy atom. The van der Waals surface area contributed by atoms with E-state index in [1.165, 1.54) is 0 Å². The van der Waals surface area contributed by atoms with E-state index in [0.29, 0.717) is 42.7 Å². The molecular formula is C22H29NO4. The van der Waals surface area contributed by atoms with Crippen molar-refractivity contribution in [3.8, 4) is 17.2 Å². The first-order valence-electron chi connectivity index (χ1n) is 9.34. The number of hydrogen-bond acceptors (Lipinski definition) is 4. The summed E-state index contributed by atoms with van der Waals surface area (Å²) in [5, 5.41) is 2.92. The summed E-state index contributed by atoms with van der Waals surface area (Å²) < 4.78 is 16.7. The minimum absolute atomic E-state index is 0.146. The van der Waals surface area contributed by atoms with Crippen molar-refractivity contribution in [2.45, 2.75) is 33.7 Å². The topological polar surface area (TPSA) is 56.8 Å². The van der Waals surface area contributed by atoms with Gasteiger partial charge in [0, 0.05) is 12.1 Å². The number of carbonyl (C=O) groups excluding carboxylic acids is 1. The van der Waals surface area contributed by atoms with Gasteiger partial charge in [0.2, 0.25) is 0 Å². The maximum Gasteiger partial charge on any atom is 0.251 e. The second kappa shape index (κ2) is 10.5. The van der Waals surface area contributed by atoms with Gasteiger partial charge >= 0.3 is 0 Å². The normalized spacial score (nSPS) is 10.6. The lowest BCUT2D eigenvalue weighted by Gasteiger charge is -2.13. The van der Waals surface area contributed by atoms with Crippen LogP contribution in [0.15, 0.2) is 42.5 Å². The number of amides is 1. The molecule has 0 unspecified atom stereocenters. The molecule has 0 aliphatic carbocycles. The molecular weight excluding hydrogens is 342 g/mol. The van der Waals surface area contributed by atoms with E-state index in [-0.39, 0.29) is 5.91 Å². The van der Waals surface area contributed by atoms with Gasteiger partial charge < -0.3 is 19.5 Å². The van der Waals surface area contributed by atoms with E-state index in [0.717, 1.165) is 17.7 Å². The van der Waals surface area contributed by atoms with Crippen LogP contribution < -0.4 is 19.5 Å². The van der Waals surface area contributed by atoms with Gasteiger partial charge in [0.1, 0.15) is 5.75 Å². The van der Waals surface area contributed by atoms with Crippen LogP contribution in [-0.4, -0.2) is 26.2 Å². The van der Waals surface area contributed by atoms with Crippen LogP contribution in [-0.2, 0) is 6.54 Å². The van der Waals surface area contributed by atoms with Crippen molar-refractivity contribution in [3.63, 3.8) is 0 Å². The Kier molecular flexibility index (Phi) is 7.99. The molecule has 0 bridgehead atoms. The van der Waals surface area contributed by atoms with Gasteiger partial charge in [-0.15, -0.1) is 0 Å². The summed E-state index contributed by atoms with van der Waals surface area (Å²) in [7, 11) is 1.62. The summed E-state index contributed by atoms with van der Waals surface area (Å²) in [4.78, 5) is 12.4. The summed E-state index contributed by atoms with van der Waals surface area (Å²) in [5.41, 5.74) is 1.51. The van der Waals surface area contributed by atoms with Crippen molar-refractivity contribution in [1.82, 2.24) is 5.32 Å². The standard InChI is InChI=1S/C22H29NO4/c1-5-26-19-8-6-7-18(14-19)22(24)23-15-17-9-10-20(21(13-17)25-4)27-12-11-16(2)3/h6-10,13-14,16H,5,11-12,15H2,1-4H3,(H,23,24). The first-order valence-corrected chi connectivity index (χ1v) is 9.34. The molecule has 0 aromatic heterocycles. The number of rotatable bonds is 10. The summed E-state index contributed by atoms with van der Waals surface area (Å²) in [6.07, 6.45) is 0.988. The Bertz CT molecular complexity index is 743. The Morgan fingerprint density at radius 1 is 1.07 bits per heavy atom. The molecule has 0 aliphatic rings. The number of hydrogen-bond donors (Lipinski definition) is 1. The summed E-state index contributed by atoms with van der Waals surface area (Å²) >= 11 is 0. The van der Waals surface area contributed by atoms with Gasteiger partial charge in [0.15, 0.2) is 11.5 Å². The number of ether oxygens (including phenoxy) is 3. The molecule has 0 radical (unpaired) electrons. The molecule has 0 heterocycles. The fourth-order valence-corrected chi connectivity index (χ4v) is 2.52. The Labute approximate surface area is 161 Å². The molecule has 0 saturated heterocycles. The molecule has 2 aromatic rings. The minimum Gasteiger partial charge on any atom is -0.494 e. The lowest BCUT2D eigenvalue weighted by Crippen LogP contribution is -2.22. The molecule has 0 spiro atoms. The number of methoxy groups -OCH3 is 1. The number of carbonyl (C=O) groups is 1. The first-order chi connectivity index (χ1) is 13.0. The van der Waals surface area contributed by atoms with E-state index in [4.69, 9.17) is 14.2 Å². The van der Waals surface area contributed by atoms with Crippen LogP contribution >= 0.6 is 0 Å². The quantitative estimate of drug-likeness (QED) is 0.670. The number of benzene rings is 2. The van der Waals surface area contributed by atoms with Crippen LogP contribution in [0.25, 0.3) is 0 Å². The summed E-state index contributed by atoms with van der Waals surface area (Å²) in [5.74, 6) is 2.52. The van der Waals surface area contributed by atoms with Gasteiger partial charge in [0.05, 0.1) is 20.3 Å². The molecule has 2 aromatic carbocycles. The highest BCUT2D eigenvalue weighted by molar-refractivity contribution is 5.94. The van der Waals surface area contributed by atoms with Crippen LogP contribution in [0.5, 0.6) is 17.2 Å². The fraction of sp³-hybridized carbons (Fsp3) is 0.409. The van der Waals surface area contributed by atoms with Gasteiger partial charge in [-0.25, -0.2) is 0 Å². The van der Waals surface area contributed by atoms with Crippen molar-refractivity contribution < 1.29 is 19.0 Å². The van der Waals surface area contributed by atoms with Crippen molar-refractivity contribution in [2.24, 2.45) is 5.92 Å². The van der Waals surface area contributed by atoms with Crippen molar-refractivity contribution >= 4 is 5.91 Å². The van der Waals surface area contributed by atoms with Crippen LogP contribution in [0.4, 0.5) is 0 Å². The monoisotopic (exact) mass is 371 g/mol. The van der Waals surface area contributed by atoms with Gasteiger partial charge in [-0.1, -0.05) is 26.0 Å². The minimum atomic E-state index is -0.146. The second-order valence-corrected chi connectivity index (χ2v) is 6.66. The van der Waals surface area contributed by atoms with Crippen molar-refractivity contribution in [3.05, 3.63) is 53.6 Å². The van der Waals surface area contributed by atoms with Gasteiger partial charge in [-0.2, -0.15) is 0 Å². The highest BCUT2D eigenvalue weighted by Gasteiger charge is 2.09. The highest BCUT2D eigenvalue weighted by atomic mass is 16.5. The molecule has 0 fully saturated rings. The third kappa shape index (κ3) is 6.51. The summed E-state index contributed by atoms with van der Waals surface area (Å²) in [6.45, 7) is 7.86. The Hall–Kier alpha value is -2.69. The van der Waals surface area contributed by atoms with E-state index in [1.54, 1.807) is 19.2 Å². The molecule has 0 aliphatic heterocycles. The van der Waals surface area contributed by atoms with Crippen LogP contribution in [0.3, 0.4) is 0 Å². The molecule has 146 valence electrons. The average Bonchev–Trinajstić information content (AvgIpc) is 2.67. The van der Waals surface area contributed by atoms with Gasteiger partial charge in [0.25, 0.3) is 5.91 Å². The van der Waals surface area contributed by atoms with E-state index >= 15 is 0 Å². The van der Waals surface area contributed by atoms with E-state index < -0.39 is 0 Å². The Balaban J connectivity index is 1.96. The maximum atomic E-state index is 12.4. The average molecular weight is 371 g/mol. The molecule has 5 heteroatoms. The second-order valence-electron chi connectivity index (χ2n) is 6.66. The largest absolute Gasteiger partial charge is 0.494 e.